The van der Waals surface area contributed by atoms with Crippen molar-refractivity contribution in [1.29, 1.82) is 0 Å². The number of Topliss-reactive ketones (excluding diaryl/α,β-unsaturated/α-hetero) is 1. The van der Waals surface area contributed by atoms with Crippen LogP contribution >= 0.6 is 0 Å². The molecule has 58 heavy (non-hydrogen) atoms. The Morgan fingerprint density at radius 2 is 1.67 bits per heavy atom. The van der Waals surface area contributed by atoms with Crippen LogP contribution < -0.4 is 30.1 Å². The zero-order chi connectivity index (χ0) is 40.8. The Balaban J connectivity index is 0.896. The first-order valence-electron chi connectivity index (χ1n) is 19.9. The summed E-state index contributed by atoms with van der Waals surface area (Å²) in [4.78, 5) is 78.6. The van der Waals surface area contributed by atoms with Gasteiger partial charge in [0.25, 0.3) is 5.56 Å². The van der Waals surface area contributed by atoms with E-state index in [0.717, 1.165) is 43.7 Å². The minimum Gasteiger partial charge on any atom is -0.497 e. The van der Waals surface area contributed by atoms with Crippen molar-refractivity contribution < 1.29 is 33.0 Å². The van der Waals surface area contributed by atoms with Gasteiger partial charge in [0.1, 0.15) is 34.6 Å². The van der Waals surface area contributed by atoms with Crippen LogP contribution in [0.15, 0.2) is 53.3 Å². The first-order valence-corrected chi connectivity index (χ1v) is 19.9. The van der Waals surface area contributed by atoms with Gasteiger partial charge in [0.05, 0.1) is 31.5 Å². The number of H-pyrrole nitrogens is 1. The number of nitrogens with one attached hydrogen (secondary N) is 2. The second-order valence-corrected chi connectivity index (χ2v) is 16.0. The molecule has 3 fully saturated rings. The SMILES string of the molecule is COc1cc(OC)c2c(=O)[nH]c(-c3ccc(N4CCC(CN5C(C)CN(c6cc7c(cc6F)CN(C6CCC(=O)NC6=O)C7C(=O)C=O)CC5C)CC4)cc3)nc2c1. The van der Waals surface area contributed by atoms with E-state index in [1.165, 1.54) is 13.2 Å². The van der Waals surface area contributed by atoms with Crippen molar-refractivity contribution in [2.45, 2.75) is 70.2 Å². The average Bonchev–Trinajstić information content (AvgIpc) is 3.58. The Morgan fingerprint density at radius 3 is 2.33 bits per heavy atom. The number of hydrogen-bond acceptors (Lipinski definition) is 12. The van der Waals surface area contributed by atoms with Crippen LogP contribution in [0.25, 0.3) is 22.3 Å². The Hall–Kier alpha value is -5.67. The first kappa shape index (κ1) is 39.2. The molecule has 2 amide bonds. The molecule has 15 heteroatoms. The van der Waals surface area contributed by atoms with E-state index in [9.17, 15) is 24.0 Å². The molecule has 8 rings (SSSR count). The molecule has 4 unspecified atom stereocenters. The molecule has 1 aromatic heterocycles. The number of hydrogen-bond donors (Lipinski definition) is 2. The summed E-state index contributed by atoms with van der Waals surface area (Å²) >= 11 is 0. The second-order valence-electron chi connectivity index (χ2n) is 16.0. The molecule has 304 valence electrons. The summed E-state index contributed by atoms with van der Waals surface area (Å²) in [7, 11) is 3.07. The minimum atomic E-state index is -1.02. The summed E-state index contributed by atoms with van der Waals surface area (Å²) in [6.07, 6.45) is 2.67. The fraction of sp³-hybridized carbons (Fsp3) is 0.442. The average molecular weight is 794 g/mol. The normalized spacial score (nSPS) is 23.2. The van der Waals surface area contributed by atoms with Crippen LogP contribution in [0.4, 0.5) is 15.8 Å². The lowest BCUT2D eigenvalue weighted by Gasteiger charge is -2.47. The number of anilines is 2. The number of fused-ring (bicyclic) bond motifs is 2. The molecule has 0 spiro atoms. The maximum absolute atomic E-state index is 15.9. The van der Waals surface area contributed by atoms with E-state index in [-0.39, 0.29) is 49.2 Å². The monoisotopic (exact) mass is 793 g/mol. The summed E-state index contributed by atoms with van der Waals surface area (Å²) in [6, 6.07) is 13.1. The fourth-order valence-corrected chi connectivity index (χ4v) is 9.43. The number of methoxy groups -OCH3 is 2. The van der Waals surface area contributed by atoms with Gasteiger partial charge in [0, 0.05) is 81.2 Å². The summed E-state index contributed by atoms with van der Waals surface area (Å²) in [5.41, 5.74) is 3.59. The molecular weight excluding hydrogens is 746 g/mol. The van der Waals surface area contributed by atoms with E-state index in [1.54, 1.807) is 30.2 Å². The number of imide groups is 1. The summed E-state index contributed by atoms with van der Waals surface area (Å²) < 4.78 is 26.7. The Morgan fingerprint density at radius 1 is 0.948 bits per heavy atom. The lowest BCUT2D eigenvalue weighted by molar-refractivity contribution is -0.141. The van der Waals surface area contributed by atoms with E-state index in [2.05, 4.69) is 46.1 Å². The highest BCUT2D eigenvalue weighted by Crippen LogP contribution is 2.41. The number of ketones is 1. The van der Waals surface area contributed by atoms with E-state index < -0.39 is 29.6 Å². The molecule has 5 heterocycles. The van der Waals surface area contributed by atoms with E-state index >= 15 is 4.39 Å². The number of rotatable bonds is 10. The topological polar surface area (TPSA) is 157 Å². The zero-order valence-corrected chi connectivity index (χ0v) is 33.1. The molecule has 3 saturated heterocycles. The maximum Gasteiger partial charge on any atom is 0.262 e. The van der Waals surface area contributed by atoms with Crippen molar-refractivity contribution >= 4 is 46.2 Å². The molecule has 4 aromatic rings. The number of benzene rings is 3. The largest absolute Gasteiger partial charge is 0.497 e. The second kappa shape index (κ2) is 15.9. The Bertz CT molecular complexity index is 2310. The summed E-state index contributed by atoms with van der Waals surface area (Å²) in [5, 5.41) is 2.70. The van der Waals surface area contributed by atoms with E-state index in [1.807, 2.05) is 17.0 Å². The maximum atomic E-state index is 15.9. The summed E-state index contributed by atoms with van der Waals surface area (Å²) in [5.74, 6) is -0.0681. The molecule has 0 radical (unpaired) electrons. The quantitative estimate of drug-likeness (QED) is 0.135. The van der Waals surface area contributed by atoms with Gasteiger partial charge < -0.3 is 24.3 Å². The van der Waals surface area contributed by atoms with Crippen molar-refractivity contribution in [2.75, 3.05) is 56.7 Å². The number of ether oxygens (including phenoxy) is 2. The van der Waals surface area contributed by atoms with E-state index in [0.29, 0.717) is 64.0 Å². The molecule has 2 N–H and O–H groups in total. The number of piperazine rings is 1. The number of aromatic amines is 1. The highest BCUT2D eigenvalue weighted by molar-refractivity contribution is 6.27. The van der Waals surface area contributed by atoms with Gasteiger partial charge in [0.15, 0.2) is 6.29 Å². The molecule has 0 bridgehead atoms. The molecule has 0 saturated carbocycles. The summed E-state index contributed by atoms with van der Waals surface area (Å²) in [6.45, 7) is 8.40. The third-order valence-electron chi connectivity index (χ3n) is 12.4. The highest BCUT2D eigenvalue weighted by atomic mass is 19.1. The van der Waals surface area contributed by atoms with Crippen LogP contribution in [-0.2, 0) is 25.7 Å². The number of amides is 2. The number of aromatic nitrogens is 2. The van der Waals surface area contributed by atoms with Gasteiger partial charge in [-0.15, -0.1) is 0 Å². The predicted octanol–water partition coefficient (Wildman–Crippen LogP) is 3.99. The van der Waals surface area contributed by atoms with Crippen LogP contribution in [0, 0.1) is 11.7 Å². The van der Waals surface area contributed by atoms with Crippen LogP contribution in [0.2, 0.25) is 0 Å². The molecule has 3 aromatic carbocycles. The molecule has 0 aliphatic carbocycles. The number of halogens is 1. The number of carbonyl (C=O) groups excluding carboxylic acids is 4. The van der Waals surface area contributed by atoms with Crippen molar-refractivity contribution in [3.8, 4) is 22.9 Å². The predicted molar refractivity (Wildman–Crippen MR) is 216 cm³/mol. The molecule has 4 aliphatic heterocycles. The number of carbonyl (C=O) groups is 4. The van der Waals surface area contributed by atoms with Crippen LogP contribution in [0.5, 0.6) is 11.5 Å². The van der Waals surface area contributed by atoms with Gasteiger partial charge in [-0.2, -0.15) is 0 Å². The number of piperidine rings is 2. The lowest BCUT2D eigenvalue weighted by atomic mass is 9.93. The minimum absolute atomic E-state index is 0.127. The third-order valence-corrected chi connectivity index (χ3v) is 12.4. The van der Waals surface area contributed by atoms with Crippen LogP contribution in [0.3, 0.4) is 0 Å². The van der Waals surface area contributed by atoms with Crippen molar-refractivity contribution in [3.63, 3.8) is 0 Å². The van der Waals surface area contributed by atoms with Gasteiger partial charge >= 0.3 is 0 Å². The molecule has 4 atom stereocenters. The smallest absolute Gasteiger partial charge is 0.262 e. The van der Waals surface area contributed by atoms with Gasteiger partial charge in [-0.05, 0) is 86.6 Å². The highest BCUT2D eigenvalue weighted by Gasteiger charge is 2.44. The Kier molecular flexibility index (Phi) is 10.8. The lowest BCUT2D eigenvalue weighted by Crippen LogP contribution is -2.58. The van der Waals surface area contributed by atoms with Gasteiger partial charge in [0.2, 0.25) is 17.6 Å². The molecule has 4 aliphatic rings. The molecular formula is C43H48FN7O7. The van der Waals surface area contributed by atoms with Crippen molar-refractivity contribution in [3.05, 3.63) is 75.8 Å². The van der Waals surface area contributed by atoms with Gasteiger partial charge in [-0.25, -0.2) is 9.37 Å². The molecule has 14 nitrogen and oxygen atoms in total. The van der Waals surface area contributed by atoms with Crippen LogP contribution in [-0.4, -0.2) is 109 Å². The first-order chi connectivity index (χ1) is 28.0. The van der Waals surface area contributed by atoms with Crippen molar-refractivity contribution in [1.82, 2.24) is 25.1 Å². The Labute approximate surface area is 335 Å². The fourth-order valence-electron chi connectivity index (χ4n) is 9.43. The van der Waals surface area contributed by atoms with E-state index in [4.69, 9.17) is 14.5 Å². The number of aldehydes is 1. The standard InChI is InChI=1S/C43H48FN7O7/c1-24-19-49(35-18-31-28(15-32(35)44)22-51(40(31)36(53)23-52)34-9-10-38(54)46-42(34)55)20-25(2)50(24)21-26-11-13-48(14-12-26)29-7-5-27(6-8-29)41-45-33-16-30(57-3)17-37(58-4)39(33)43(56)47-41/h5-8,15-18,23-26,34,40H,9-14,19-22H2,1-4H3,(H,45,47,56)(H,46,54,55). The van der Waals surface area contributed by atoms with Gasteiger partial charge in [-0.3, -0.25) is 39.1 Å². The zero-order valence-electron chi connectivity index (χ0n) is 33.1. The number of nitrogens with zero attached hydrogens (tertiary/aromatic N) is 5. The van der Waals surface area contributed by atoms with Gasteiger partial charge in [-0.1, -0.05) is 0 Å². The third kappa shape index (κ3) is 7.32. The van der Waals surface area contributed by atoms with Crippen LogP contribution in [0.1, 0.15) is 56.7 Å². The van der Waals surface area contributed by atoms with Crippen molar-refractivity contribution in [2.24, 2.45) is 5.92 Å².